The number of guanidine groups is 1. The number of nitrogens with one attached hydrogen (secondary N) is 16. The number of carbonyl (C=O) groups is 14. The molecule has 2 aromatic heterocycles. The lowest BCUT2D eigenvalue weighted by atomic mass is 9.96. The Morgan fingerprint density at radius 2 is 1.01 bits per heavy atom. The third kappa shape index (κ3) is 27.0. The molecule has 1 aliphatic rings. The van der Waals surface area contributed by atoms with Crippen molar-refractivity contribution in [3.05, 3.63) is 120 Å². The van der Waals surface area contributed by atoms with Crippen molar-refractivity contribution in [1.82, 2.24) is 79.1 Å². The van der Waals surface area contributed by atoms with E-state index in [0.29, 0.717) is 57.8 Å². The summed E-state index contributed by atoms with van der Waals surface area (Å²) in [4.78, 5) is 209. The molecule has 628 valence electrons. The number of primary amides is 1. The van der Waals surface area contributed by atoms with E-state index >= 15 is 19.2 Å². The Bertz CT molecular complexity index is 4490. The van der Waals surface area contributed by atoms with Gasteiger partial charge in [-0.2, -0.15) is 0 Å². The van der Waals surface area contributed by atoms with Crippen LogP contribution < -0.4 is 86.3 Å². The molecular formula is C80H111N19O16S. The molecule has 0 spiro atoms. The van der Waals surface area contributed by atoms with Gasteiger partial charge in [0.1, 0.15) is 66.5 Å². The number of carboxylic acid groups (broad SMARTS) is 1. The Labute approximate surface area is 676 Å². The van der Waals surface area contributed by atoms with E-state index in [2.05, 4.69) is 79.1 Å². The Morgan fingerprint density at radius 1 is 0.534 bits per heavy atom. The highest BCUT2D eigenvalue weighted by atomic mass is 32.2. The van der Waals surface area contributed by atoms with Gasteiger partial charge >= 0.3 is 5.97 Å². The number of aliphatic carboxylic acids is 1. The number of carboxylic acids is 1. The molecular weight excluding hydrogens is 1520 g/mol. The summed E-state index contributed by atoms with van der Waals surface area (Å²) >= 11 is 0.890. The van der Waals surface area contributed by atoms with Crippen molar-refractivity contribution in [2.24, 2.45) is 29.0 Å². The molecule has 6 aromatic rings. The van der Waals surface area contributed by atoms with Crippen LogP contribution in [0.5, 0.6) is 0 Å². The number of benzene rings is 4. The first-order chi connectivity index (χ1) is 55.2. The standard InChI is InChI=1S/C80H111N19O16S/c1-8-10-24-55-71(108)91-56(27-17-18-31-81)72(109)93-59(36-49-39-87-53-26-16-14-23-51(49)53)76(113)97-65(43(3)4)77(114)99-67(68(82)105)80(6,7)116-42-63(102)90-57(34-45-29-30-46-20-11-12-21-47(46)33-45)75(112)98-66(44(5)9-2)78(115)96-61(41-100)69(106)88-40-62(101)89-54(28-19-32-85-79(83)84)70(107)95-60(37-64(103)104)74(111)94-58(73(110)92-55)35-48-38-86-52-25-15-13-22-50(48)52/h11-16,20-23,25-26,29-30,33,38-39,43-44,54-61,65-67,86-87,100H,8-10,17-19,24,27-28,31-32,34-37,40-42,81H2,1-7H3,(H2,82,105)(H,88,106)(H,89,101)(H,90,102)(H,91,108)(H,92,110)(H,93,109)(H,94,111)(H,95,107)(H,96,115)(H,97,113)(H,98,112)(H,99,114)(H,103,104)(H4,83,84,85)/t44-,54+,55-,56-,57-,58-,59-,60-,61-,65-,66-,67+/m0/s1. The maximum absolute atomic E-state index is 15.2. The maximum Gasteiger partial charge on any atom is 0.305 e. The van der Waals surface area contributed by atoms with Gasteiger partial charge in [-0.05, 0) is 110 Å². The molecule has 36 heteroatoms. The number of amides is 13. The number of nitrogens with two attached hydrogens (primary N) is 3. The van der Waals surface area contributed by atoms with E-state index < -0.39 is 197 Å². The minimum absolute atomic E-state index is 0.00150. The number of H-pyrrole nitrogens is 2. The first kappa shape index (κ1) is 91.5. The highest BCUT2D eigenvalue weighted by Crippen LogP contribution is 2.30. The fourth-order valence-corrected chi connectivity index (χ4v) is 14.3. The van der Waals surface area contributed by atoms with E-state index in [1.165, 1.54) is 0 Å². The summed E-state index contributed by atoms with van der Waals surface area (Å²) in [5.74, 6) is -16.5. The topological polar surface area (TPSA) is 569 Å². The second kappa shape index (κ2) is 44.3. The lowest BCUT2D eigenvalue weighted by molar-refractivity contribution is -0.141. The van der Waals surface area contributed by atoms with Crippen LogP contribution >= 0.6 is 11.8 Å². The van der Waals surface area contributed by atoms with E-state index in [-0.39, 0.29) is 70.9 Å². The van der Waals surface area contributed by atoms with Gasteiger partial charge < -0.3 is 107 Å². The number of fused-ring (bicyclic) bond motifs is 3. The average Bonchev–Trinajstić information content (AvgIpc) is 1.51. The Morgan fingerprint density at radius 3 is 1.55 bits per heavy atom. The van der Waals surface area contributed by atoms with Crippen LogP contribution in [0.4, 0.5) is 0 Å². The number of unbranched alkanes of at least 4 members (excludes halogenated alkanes) is 2. The summed E-state index contributed by atoms with van der Waals surface area (Å²) in [6.07, 6.45) is 2.87. The normalized spacial score (nSPS) is 23.2. The molecule has 0 saturated carbocycles. The molecule has 1 aliphatic heterocycles. The van der Waals surface area contributed by atoms with Crippen LogP contribution in [0.3, 0.4) is 0 Å². The Kier molecular flexibility index (Phi) is 34.9. The largest absolute Gasteiger partial charge is 0.481 e. The molecule has 4 aromatic carbocycles. The van der Waals surface area contributed by atoms with E-state index in [9.17, 15) is 58.2 Å². The maximum atomic E-state index is 15.2. The average molecular weight is 1630 g/mol. The van der Waals surface area contributed by atoms with Crippen LogP contribution in [-0.4, -0.2) is 212 Å². The van der Waals surface area contributed by atoms with Gasteiger partial charge in [0.2, 0.25) is 76.8 Å². The monoisotopic (exact) mass is 1630 g/mol. The van der Waals surface area contributed by atoms with Crippen molar-refractivity contribution in [1.29, 1.82) is 5.41 Å². The van der Waals surface area contributed by atoms with Crippen molar-refractivity contribution < 1.29 is 77.3 Å². The predicted octanol–water partition coefficient (Wildman–Crippen LogP) is 0.0416. The van der Waals surface area contributed by atoms with Crippen molar-refractivity contribution in [3.8, 4) is 0 Å². The summed E-state index contributed by atoms with van der Waals surface area (Å²) < 4.78 is -1.42. The minimum Gasteiger partial charge on any atom is -0.481 e. The third-order valence-corrected chi connectivity index (χ3v) is 21.6. The highest BCUT2D eigenvalue weighted by molar-refractivity contribution is 8.01. The Balaban J connectivity index is 1.29. The van der Waals surface area contributed by atoms with Gasteiger partial charge in [-0.15, -0.1) is 11.8 Å². The number of carbonyl (C=O) groups excluding carboxylic acids is 13. The van der Waals surface area contributed by atoms with Crippen molar-refractivity contribution in [3.63, 3.8) is 0 Å². The van der Waals surface area contributed by atoms with Crippen molar-refractivity contribution in [2.45, 2.75) is 203 Å². The zero-order chi connectivity index (χ0) is 84.9. The van der Waals surface area contributed by atoms with E-state index in [4.69, 9.17) is 22.6 Å². The number of para-hydroxylation sites is 2. The van der Waals surface area contributed by atoms with Crippen LogP contribution in [0.1, 0.15) is 129 Å². The van der Waals surface area contributed by atoms with Gasteiger partial charge in [-0.25, -0.2) is 0 Å². The first-order valence-corrected chi connectivity index (χ1v) is 39.9. The predicted molar refractivity (Wildman–Crippen MR) is 437 cm³/mol. The fourth-order valence-electron chi connectivity index (χ4n) is 13.4. The quantitative estimate of drug-likeness (QED) is 0.0216. The molecule has 12 atom stereocenters. The first-order valence-electron chi connectivity index (χ1n) is 39.0. The van der Waals surface area contributed by atoms with Gasteiger partial charge in [0.15, 0.2) is 5.96 Å². The van der Waals surface area contributed by atoms with Gasteiger partial charge in [0.25, 0.3) is 0 Å². The lowest BCUT2D eigenvalue weighted by Crippen LogP contribution is -2.62. The molecule has 24 N–H and O–H groups in total. The van der Waals surface area contributed by atoms with Crippen LogP contribution in [0.15, 0.2) is 103 Å². The number of rotatable bonds is 24. The van der Waals surface area contributed by atoms with Crippen LogP contribution in [-0.2, 0) is 86.4 Å². The van der Waals surface area contributed by atoms with E-state index in [0.717, 1.165) is 22.5 Å². The van der Waals surface area contributed by atoms with Crippen LogP contribution in [0, 0.1) is 17.2 Å². The van der Waals surface area contributed by atoms with E-state index in [1.807, 2.05) is 43.3 Å². The zero-order valence-electron chi connectivity index (χ0n) is 66.3. The highest BCUT2D eigenvalue weighted by Gasteiger charge is 2.42. The SMILES string of the molecule is CCCC[C@@H]1NC(=O)[C@H](Cc2c[nH]c3ccccc23)NC(=O)[C@H](CC(=O)O)NC(=O)[C@@H](CCCNC(=N)N)NC(=O)CNC(=O)[C@H](CO)NC(=O)[C@H]([C@@H](C)CC)NC(=O)[C@H](Cc2ccc3ccccc3c2)NC(=O)CSC(C)(C)[C@@H](C(N)=O)NC(=O)[C@H](C(C)C)NC(=O)[C@H](Cc2c[nH]c3ccccc23)NC(=O)[C@H](CCCCN)NC1=O. The molecule has 7 rings (SSSR count). The molecule has 35 nitrogen and oxygen atoms in total. The Hall–Kier alpha value is -11.7. The summed E-state index contributed by atoms with van der Waals surface area (Å²) in [5, 5.41) is 65.6. The number of aliphatic hydroxyl groups is 1. The van der Waals surface area contributed by atoms with Crippen molar-refractivity contribution in [2.75, 3.05) is 32.0 Å². The number of aromatic nitrogens is 2. The summed E-state index contributed by atoms with van der Waals surface area (Å²) in [6.45, 7) is 9.70. The zero-order valence-corrected chi connectivity index (χ0v) is 67.1. The molecule has 1 saturated heterocycles. The molecule has 0 unspecified atom stereocenters. The number of thioether (sulfide) groups is 1. The molecule has 0 bridgehead atoms. The number of aliphatic hydroxyl groups excluding tert-OH is 1. The van der Waals surface area contributed by atoms with Gasteiger partial charge in [-0.3, -0.25) is 72.5 Å². The molecule has 13 amide bonds. The lowest BCUT2D eigenvalue weighted by Gasteiger charge is -2.34. The van der Waals surface area contributed by atoms with Gasteiger partial charge in [0, 0.05) is 64.8 Å². The second-order valence-corrected chi connectivity index (χ2v) is 31.5. The van der Waals surface area contributed by atoms with Crippen LogP contribution in [0.2, 0.25) is 0 Å². The van der Waals surface area contributed by atoms with Gasteiger partial charge in [-0.1, -0.05) is 133 Å². The number of hydrogen-bond donors (Lipinski definition) is 21. The molecule has 116 heavy (non-hydrogen) atoms. The smallest absolute Gasteiger partial charge is 0.305 e. The minimum atomic E-state index is -1.99. The third-order valence-electron chi connectivity index (χ3n) is 20.2. The second-order valence-electron chi connectivity index (χ2n) is 29.9. The molecule has 1 fully saturated rings. The molecule has 0 radical (unpaired) electrons. The number of hydrogen-bond acceptors (Lipinski definition) is 18. The summed E-state index contributed by atoms with van der Waals surface area (Å²) in [5.41, 5.74) is 20.5. The van der Waals surface area contributed by atoms with Gasteiger partial charge in [0.05, 0.1) is 25.3 Å². The summed E-state index contributed by atoms with van der Waals surface area (Å²) in [6, 6.07) is 9.72. The summed E-state index contributed by atoms with van der Waals surface area (Å²) in [7, 11) is 0. The molecule has 3 heterocycles. The van der Waals surface area contributed by atoms with Crippen LogP contribution in [0.25, 0.3) is 32.6 Å². The molecule has 0 aliphatic carbocycles. The number of aromatic amines is 2. The van der Waals surface area contributed by atoms with E-state index in [1.54, 1.807) is 109 Å². The fraction of sp³-hybridized carbons (Fsp3) is 0.487. The van der Waals surface area contributed by atoms with Crippen molar-refractivity contribution >= 4 is 133 Å².